The Labute approximate surface area is 141 Å². The number of pyridine rings is 1. The number of hydrogen-bond acceptors (Lipinski definition) is 3. The fourth-order valence-corrected chi connectivity index (χ4v) is 2.22. The van der Waals surface area contributed by atoms with Gasteiger partial charge >= 0.3 is 6.18 Å². The number of carbonyl (C=O) groups is 1. The molecule has 2 aromatic carbocycles. The maximum atomic E-state index is 12.5. The van der Waals surface area contributed by atoms with Crippen molar-refractivity contribution in [2.45, 2.75) is 6.18 Å². The topological polar surface area (TPSA) is 39.2 Å². The van der Waals surface area contributed by atoms with E-state index in [1.54, 1.807) is 42.5 Å². The van der Waals surface area contributed by atoms with Crippen molar-refractivity contribution in [2.75, 3.05) is 0 Å². The van der Waals surface area contributed by atoms with Gasteiger partial charge < -0.3 is 4.74 Å². The van der Waals surface area contributed by atoms with E-state index in [9.17, 15) is 18.0 Å². The monoisotopic (exact) mass is 343 g/mol. The van der Waals surface area contributed by atoms with Gasteiger partial charge in [-0.25, -0.2) is 4.98 Å². The molecule has 6 heteroatoms. The molecule has 0 saturated heterocycles. The van der Waals surface area contributed by atoms with Crippen molar-refractivity contribution in [1.29, 1.82) is 0 Å². The van der Waals surface area contributed by atoms with Crippen LogP contribution in [0.2, 0.25) is 0 Å². The molecule has 3 aromatic rings. The van der Waals surface area contributed by atoms with Gasteiger partial charge in [0.2, 0.25) is 0 Å². The second kappa shape index (κ2) is 6.76. The molecule has 3 rings (SSSR count). The Morgan fingerprint density at radius 1 is 0.840 bits per heavy atom. The maximum Gasteiger partial charge on any atom is 0.416 e. The van der Waals surface area contributed by atoms with Crippen molar-refractivity contribution >= 4 is 6.29 Å². The van der Waals surface area contributed by atoms with Crippen molar-refractivity contribution in [3.05, 3.63) is 78.0 Å². The van der Waals surface area contributed by atoms with Crippen LogP contribution < -0.4 is 4.74 Å². The molecule has 0 aliphatic carbocycles. The van der Waals surface area contributed by atoms with Gasteiger partial charge in [0, 0.05) is 5.56 Å². The number of aldehydes is 1. The fourth-order valence-electron chi connectivity index (χ4n) is 2.22. The number of halogens is 3. The second-order valence-electron chi connectivity index (χ2n) is 5.21. The highest BCUT2D eigenvalue weighted by Gasteiger charge is 2.30. The Morgan fingerprint density at radius 2 is 1.44 bits per heavy atom. The van der Waals surface area contributed by atoms with E-state index >= 15 is 0 Å². The first-order chi connectivity index (χ1) is 12.0. The van der Waals surface area contributed by atoms with Gasteiger partial charge in [-0.2, -0.15) is 13.2 Å². The molecule has 0 aliphatic heterocycles. The van der Waals surface area contributed by atoms with Crippen LogP contribution >= 0.6 is 0 Å². The summed E-state index contributed by atoms with van der Waals surface area (Å²) in [6, 6.07) is 16.5. The van der Waals surface area contributed by atoms with Crippen LogP contribution in [0.5, 0.6) is 11.5 Å². The highest BCUT2D eigenvalue weighted by atomic mass is 19.4. The summed E-state index contributed by atoms with van der Waals surface area (Å²) in [6.07, 6.45) is -3.70. The van der Waals surface area contributed by atoms with E-state index in [2.05, 4.69) is 4.98 Å². The van der Waals surface area contributed by atoms with Crippen LogP contribution in [0.1, 0.15) is 16.1 Å². The standard InChI is InChI=1S/C19H12F3NO2/c20-19(21,22)14-6-10-17(11-7-14)25-16-8-4-13(5-9-16)18-3-1-2-15(12-24)23-18/h1-12H. The lowest BCUT2D eigenvalue weighted by molar-refractivity contribution is -0.137. The first-order valence-corrected chi connectivity index (χ1v) is 7.33. The minimum atomic E-state index is -4.37. The van der Waals surface area contributed by atoms with Crippen LogP contribution in [0.25, 0.3) is 11.3 Å². The lowest BCUT2D eigenvalue weighted by Gasteiger charge is -2.09. The number of hydrogen-bond donors (Lipinski definition) is 0. The third-order valence-electron chi connectivity index (χ3n) is 3.46. The van der Waals surface area contributed by atoms with E-state index < -0.39 is 11.7 Å². The predicted molar refractivity (Wildman–Crippen MR) is 86.6 cm³/mol. The van der Waals surface area contributed by atoms with Crippen molar-refractivity contribution < 1.29 is 22.7 Å². The van der Waals surface area contributed by atoms with E-state index in [-0.39, 0.29) is 0 Å². The van der Waals surface area contributed by atoms with Crippen LogP contribution in [0.15, 0.2) is 66.7 Å². The van der Waals surface area contributed by atoms with Crippen LogP contribution in [-0.4, -0.2) is 11.3 Å². The number of nitrogens with zero attached hydrogens (tertiary/aromatic N) is 1. The maximum absolute atomic E-state index is 12.5. The summed E-state index contributed by atoms with van der Waals surface area (Å²) in [6.45, 7) is 0. The van der Waals surface area contributed by atoms with Crippen LogP contribution in [0, 0.1) is 0 Å². The summed E-state index contributed by atoms with van der Waals surface area (Å²) in [5, 5.41) is 0. The molecule has 0 radical (unpaired) electrons. The highest BCUT2D eigenvalue weighted by molar-refractivity contribution is 5.73. The summed E-state index contributed by atoms with van der Waals surface area (Å²) < 4.78 is 43.2. The molecule has 0 N–H and O–H groups in total. The Kier molecular flexibility index (Phi) is 4.52. The van der Waals surface area contributed by atoms with E-state index in [0.29, 0.717) is 29.2 Å². The number of aromatic nitrogens is 1. The lowest BCUT2D eigenvalue weighted by Crippen LogP contribution is -2.03. The zero-order valence-corrected chi connectivity index (χ0v) is 12.8. The molecule has 0 aliphatic rings. The summed E-state index contributed by atoms with van der Waals surface area (Å²) in [5.41, 5.74) is 1.05. The minimum Gasteiger partial charge on any atom is -0.457 e. The van der Waals surface area contributed by atoms with Gasteiger partial charge in [0.05, 0.1) is 11.3 Å². The minimum absolute atomic E-state index is 0.307. The second-order valence-corrected chi connectivity index (χ2v) is 5.21. The Hall–Kier alpha value is -3.15. The summed E-state index contributed by atoms with van der Waals surface area (Å²) in [5.74, 6) is 0.789. The quantitative estimate of drug-likeness (QED) is 0.598. The molecule has 25 heavy (non-hydrogen) atoms. The Balaban J connectivity index is 1.75. The predicted octanol–water partition coefficient (Wildman–Crippen LogP) is 5.37. The average molecular weight is 343 g/mol. The highest BCUT2D eigenvalue weighted by Crippen LogP contribution is 2.31. The van der Waals surface area contributed by atoms with Gasteiger partial charge in [-0.05, 0) is 60.7 Å². The van der Waals surface area contributed by atoms with Crippen LogP contribution in [0.4, 0.5) is 13.2 Å². The Morgan fingerprint density at radius 3 is 2.00 bits per heavy atom. The molecule has 0 atom stereocenters. The molecule has 0 bridgehead atoms. The van der Waals surface area contributed by atoms with Gasteiger partial charge in [-0.1, -0.05) is 6.07 Å². The zero-order chi connectivity index (χ0) is 17.9. The normalized spacial score (nSPS) is 11.2. The number of rotatable bonds is 4. The molecular formula is C19H12F3NO2. The van der Waals surface area contributed by atoms with Gasteiger partial charge in [0.1, 0.15) is 17.2 Å². The molecular weight excluding hydrogens is 331 g/mol. The summed E-state index contributed by atoms with van der Waals surface area (Å²) >= 11 is 0. The number of alkyl halides is 3. The molecule has 0 amide bonds. The van der Waals surface area contributed by atoms with E-state index in [1.807, 2.05) is 0 Å². The molecule has 1 heterocycles. The van der Waals surface area contributed by atoms with Gasteiger partial charge in [0.25, 0.3) is 0 Å². The van der Waals surface area contributed by atoms with E-state index in [1.165, 1.54) is 12.1 Å². The first kappa shape index (κ1) is 16.7. The summed E-state index contributed by atoms with van der Waals surface area (Å²) in [4.78, 5) is 15.0. The number of benzene rings is 2. The smallest absolute Gasteiger partial charge is 0.416 e. The lowest BCUT2D eigenvalue weighted by atomic mass is 10.1. The van der Waals surface area contributed by atoms with Crippen molar-refractivity contribution in [3.8, 4) is 22.8 Å². The van der Waals surface area contributed by atoms with Crippen molar-refractivity contribution in [1.82, 2.24) is 4.98 Å². The third kappa shape index (κ3) is 4.03. The molecule has 126 valence electrons. The molecule has 1 aromatic heterocycles. The molecule has 0 spiro atoms. The SMILES string of the molecule is O=Cc1cccc(-c2ccc(Oc3ccc(C(F)(F)F)cc3)cc2)n1. The first-order valence-electron chi connectivity index (χ1n) is 7.33. The van der Waals surface area contributed by atoms with Gasteiger partial charge in [-0.15, -0.1) is 0 Å². The number of ether oxygens (including phenoxy) is 1. The van der Waals surface area contributed by atoms with Crippen molar-refractivity contribution in [2.24, 2.45) is 0 Å². The molecule has 0 saturated carbocycles. The Bertz CT molecular complexity index is 872. The fraction of sp³-hybridized carbons (Fsp3) is 0.0526. The third-order valence-corrected chi connectivity index (χ3v) is 3.46. The zero-order valence-electron chi connectivity index (χ0n) is 12.8. The van der Waals surface area contributed by atoms with Crippen molar-refractivity contribution in [3.63, 3.8) is 0 Å². The summed E-state index contributed by atoms with van der Waals surface area (Å²) in [7, 11) is 0. The van der Waals surface area contributed by atoms with Crippen LogP contribution in [0.3, 0.4) is 0 Å². The molecule has 0 unspecified atom stereocenters. The largest absolute Gasteiger partial charge is 0.457 e. The molecule has 3 nitrogen and oxygen atoms in total. The number of carbonyl (C=O) groups excluding carboxylic acids is 1. The average Bonchev–Trinajstić information content (AvgIpc) is 2.62. The van der Waals surface area contributed by atoms with Gasteiger partial charge in [0.15, 0.2) is 6.29 Å². The van der Waals surface area contributed by atoms with E-state index in [0.717, 1.165) is 17.7 Å². The molecule has 0 fully saturated rings. The van der Waals surface area contributed by atoms with E-state index in [4.69, 9.17) is 4.74 Å². The van der Waals surface area contributed by atoms with Crippen LogP contribution in [-0.2, 0) is 6.18 Å². The van der Waals surface area contributed by atoms with Gasteiger partial charge in [-0.3, -0.25) is 4.79 Å².